The van der Waals surface area contributed by atoms with E-state index in [9.17, 15) is 45.8 Å². The minimum absolute atomic E-state index is 0.375. The summed E-state index contributed by atoms with van der Waals surface area (Å²) in [5.41, 5.74) is -3.64. The lowest BCUT2D eigenvalue weighted by molar-refractivity contribution is -0.137. The van der Waals surface area contributed by atoms with Crippen LogP contribution in [0.2, 0.25) is 0 Å². The Morgan fingerprint density at radius 1 is 1.16 bits per heavy atom. The van der Waals surface area contributed by atoms with Crippen LogP contribution in [0, 0.1) is 17.5 Å². The maximum absolute atomic E-state index is 13.9. The zero-order valence-electron chi connectivity index (χ0n) is 19.9. The summed E-state index contributed by atoms with van der Waals surface area (Å²) in [7, 11) is 0. The molecule has 0 radical (unpaired) electrons. The first-order valence-electron chi connectivity index (χ1n) is 11.0. The highest BCUT2D eigenvalue weighted by molar-refractivity contribution is 5.99. The second kappa shape index (κ2) is 10.6. The van der Waals surface area contributed by atoms with Crippen molar-refractivity contribution in [2.45, 2.75) is 38.1 Å². The Balaban J connectivity index is 2.09. The first-order valence-corrected chi connectivity index (χ1v) is 11.0. The number of carbonyl (C=O) groups is 2. The lowest BCUT2D eigenvalue weighted by Crippen LogP contribution is -2.60. The molecule has 38 heavy (non-hydrogen) atoms. The van der Waals surface area contributed by atoms with Gasteiger partial charge in [-0.2, -0.15) is 13.2 Å². The lowest BCUT2D eigenvalue weighted by Gasteiger charge is -2.44. The molecule has 204 valence electrons. The summed E-state index contributed by atoms with van der Waals surface area (Å²) >= 11 is 0. The number of pyridine rings is 1. The van der Waals surface area contributed by atoms with Crippen LogP contribution in [0.25, 0.3) is 0 Å². The van der Waals surface area contributed by atoms with Crippen LogP contribution in [0.4, 0.5) is 26.3 Å². The molecule has 0 saturated carbocycles. The molecule has 1 aromatic heterocycles. The number of fused-ring (bicyclic) bond motifs is 1. The second-order valence-corrected chi connectivity index (χ2v) is 8.40. The fourth-order valence-corrected chi connectivity index (χ4v) is 3.84. The maximum atomic E-state index is 13.9. The number of carbonyl (C=O) groups excluding carboxylic acids is 2. The predicted molar refractivity (Wildman–Crippen MR) is 123 cm³/mol. The molecule has 2 heterocycles. The molecule has 14 heteroatoms. The first kappa shape index (κ1) is 28.3. The minimum atomic E-state index is -4.68. The third kappa shape index (κ3) is 5.53. The first-order chi connectivity index (χ1) is 17.7. The van der Waals surface area contributed by atoms with E-state index in [1.165, 1.54) is 13.0 Å². The molecule has 3 rings (SSSR count). The van der Waals surface area contributed by atoms with Crippen molar-refractivity contribution in [1.29, 1.82) is 0 Å². The van der Waals surface area contributed by atoms with Gasteiger partial charge in [-0.3, -0.25) is 24.1 Å². The van der Waals surface area contributed by atoms with Gasteiger partial charge in [0.05, 0.1) is 12.5 Å². The predicted octanol–water partition coefficient (Wildman–Crippen LogP) is 3.33. The van der Waals surface area contributed by atoms with Crippen molar-refractivity contribution in [3.8, 4) is 5.75 Å². The van der Waals surface area contributed by atoms with E-state index in [0.717, 1.165) is 26.9 Å². The average molecular weight is 544 g/mol. The summed E-state index contributed by atoms with van der Waals surface area (Å²) in [5.74, 6) is -7.27. The van der Waals surface area contributed by atoms with E-state index in [4.69, 9.17) is 0 Å². The van der Waals surface area contributed by atoms with Crippen molar-refractivity contribution in [1.82, 2.24) is 14.9 Å². The van der Waals surface area contributed by atoms with Crippen molar-refractivity contribution in [2.75, 3.05) is 11.7 Å². The molecule has 2 unspecified atom stereocenters. The van der Waals surface area contributed by atoms with Gasteiger partial charge in [-0.15, -0.1) is 13.2 Å². The van der Waals surface area contributed by atoms with Crippen molar-refractivity contribution in [3.63, 3.8) is 0 Å². The Hall–Kier alpha value is -4.23. The van der Waals surface area contributed by atoms with Gasteiger partial charge in [0.25, 0.3) is 11.8 Å². The van der Waals surface area contributed by atoms with Gasteiger partial charge in [-0.1, -0.05) is 12.2 Å². The lowest BCUT2D eigenvalue weighted by atomic mass is 10.1. The third-order valence-electron chi connectivity index (χ3n) is 5.91. The summed E-state index contributed by atoms with van der Waals surface area (Å²) in [4.78, 5) is 39.7. The summed E-state index contributed by atoms with van der Waals surface area (Å²) < 4.78 is 81.6. The topological polar surface area (TPSA) is 94.9 Å². The van der Waals surface area contributed by atoms with Crippen LogP contribution in [0.5, 0.6) is 5.75 Å². The number of amides is 2. The van der Waals surface area contributed by atoms with E-state index in [1.54, 1.807) is 0 Å². The molecule has 1 aromatic carbocycles. The maximum Gasteiger partial charge on any atom is 0.391 e. The Kier molecular flexibility index (Phi) is 7.93. The second-order valence-electron chi connectivity index (χ2n) is 8.40. The number of nitrogens with zero attached hydrogens (tertiary/aromatic N) is 3. The molecular weight excluding hydrogens is 522 g/mol. The Bertz CT molecular complexity index is 1330. The summed E-state index contributed by atoms with van der Waals surface area (Å²) in [6.45, 7) is 7.15. The zero-order valence-corrected chi connectivity index (χ0v) is 19.9. The molecule has 2 aromatic rings. The Morgan fingerprint density at radius 3 is 2.29 bits per heavy atom. The molecule has 2 N–H and O–H groups in total. The van der Waals surface area contributed by atoms with Gasteiger partial charge >= 0.3 is 6.18 Å². The van der Waals surface area contributed by atoms with Crippen LogP contribution in [0.1, 0.15) is 39.8 Å². The Morgan fingerprint density at radius 2 is 1.76 bits per heavy atom. The molecule has 0 spiro atoms. The van der Waals surface area contributed by atoms with Crippen LogP contribution >= 0.6 is 0 Å². The van der Waals surface area contributed by atoms with Gasteiger partial charge in [0.1, 0.15) is 29.7 Å². The normalized spacial score (nSPS) is 15.1. The molecule has 0 fully saturated rings. The molecule has 1 aliphatic heterocycles. The quantitative estimate of drug-likeness (QED) is 0.393. The SMILES string of the molecule is C=CC(C)N1CN(C(C=C)CC(F)(F)F)n2cc(C(=O)NCc3c(F)cc(F)cc3F)c(=O)c(O)c2C1=O. The van der Waals surface area contributed by atoms with Crippen molar-refractivity contribution < 1.29 is 41.0 Å². The largest absolute Gasteiger partial charge is 0.502 e. The van der Waals surface area contributed by atoms with Crippen LogP contribution in [0.3, 0.4) is 0 Å². The summed E-state index contributed by atoms with van der Waals surface area (Å²) in [6, 6.07) is -1.49. The van der Waals surface area contributed by atoms with E-state index in [2.05, 4.69) is 13.2 Å². The highest BCUT2D eigenvalue weighted by Gasteiger charge is 2.41. The van der Waals surface area contributed by atoms with Crippen LogP contribution in [0.15, 0.2) is 48.4 Å². The van der Waals surface area contributed by atoms with Crippen molar-refractivity contribution >= 4 is 11.8 Å². The molecule has 0 saturated heterocycles. The fourth-order valence-electron chi connectivity index (χ4n) is 3.84. The number of aromatic nitrogens is 1. The molecule has 2 atom stereocenters. The number of alkyl halides is 3. The number of rotatable bonds is 8. The van der Waals surface area contributed by atoms with E-state index in [1.807, 2.05) is 5.32 Å². The molecule has 0 aliphatic carbocycles. The number of hydrogen-bond donors (Lipinski definition) is 2. The van der Waals surface area contributed by atoms with E-state index in [-0.39, 0.29) is 0 Å². The number of benzene rings is 1. The molecule has 8 nitrogen and oxygen atoms in total. The van der Waals surface area contributed by atoms with E-state index < -0.39 is 95.2 Å². The molecule has 0 bridgehead atoms. The fraction of sp³-hybridized carbons (Fsp3) is 0.292. The van der Waals surface area contributed by atoms with E-state index in [0.29, 0.717) is 12.1 Å². The average Bonchev–Trinajstić information content (AvgIpc) is 2.82. The summed E-state index contributed by atoms with van der Waals surface area (Å²) in [6.07, 6.45) is -3.11. The number of halogens is 6. The molecule has 2 amide bonds. The third-order valence-corrected chi connectivity index (χ3v) is 5.91. The summed E-state index contributed by atoms with van der Waals surface area (Å²) in [5, 5.41) is 13.6. The molecule has 1 aliphatic rings. The minimum Gasteiger partial charge on any atom is -0.502 e. The van der Waals surface area contributed by atoms with Crippen molar-refractivity contribution in [2.24, 2.45) is 0 Å². The molecular formula is C24H22F6N4O4. The standard InChI is InChI=1S/C24H22F6N4O4/c1-4-12(3)32-11-34(14(5-2)8-24(28,29)30)33-10-16(20(35)21(36)19(33)23(32)38)22(37)31-9-15-17(26)6-13(25)7-18(15)27/h4-7,10,12,14,36H,1-2,8-9,11H2,3H3,(H,31,37). The monoisotopic (exact) mass is 544 g/mol. The smallest absolute Gasteiger partial charge is 0.391 e. The van der Waals surface area contributed by atoms with Crippen LogP contribution < -0.4 is 15.8 Å². The van der Waals surface area contributed by atoms with Crippen LogP contribution in [-0.2, 0) is 6.54 Å². The highest BCUT2D eigenvalue weighted by atomic mass is 19.4. The Labute approximate surface area is 212 Å². The van der Waals surface area contributed by atoms with Gasteiger partial charge in [0.2, 0.25) is 5.43 Å². The number of hydrogen-bond acceptors (Lipinski definition) is 5. The van der Waals surface area contributed by atoms with Gasteiger partial charge in [0, 0.05) is 36.5 Å². The van der Waals surface area contributed by atoms with Gasteiger partial charge in [0.15, 0.2) is 11.4 Å². The van der Waals surface area contributed by atoms with E-state index >= 15 is 0 Å². The number of aromatic hydroxyl groups is 1. The van der Waals surface area contributed by atoms with Crippen LogP contribution in [-0.4, -0.2) is 51.4 Å². The van der Waals surface area contributed by atoms with Gasteiger partial charge < -0.3 is 15.3 Å². The highest BCUT2D eigenvalue weighted by Crippen LogP contribution is 2.29. The van der Waals surface area contributed by atoms with Gasteiger partial charge in [-0.05, 0) is 6.92 Å². The zero-order chi connectivity index (χ0) is 28.5. The van der Waals surface area contributed by atoms with Gasteiger partial charge in [-0.25, -0.2) is 13.2 Å². The van der Waals surface area contributed by atoms with Crippen molar-refractivity contribution in [3.05, 3.63) is 88.1 Å². The number of nitrogens with one attached hydrogen (secondary N) is 1.